The lowest BCUT2D eigenvalue weighted by Crippen LogP contribution is -2.52. The number of likely N-dealkylation sites (tertiary alicyclic amines) is 1. The van der Waals surface area contributed by atoms with Gasteiger partial charge < -0.3 is 9.80 Å². The molecule has 0 spiro atoms. The molecule has 0 radical (unpaired) electrons. The van der Waals surface area contributed by atoms with E-state index in [0.29, 0.717) is 18.2 Å². The smallest absolute Gasteiger partial charge is 0.223 e. The lowest BCUT2D eigenvalue weighted by atomic mass is 9.88. The quantitative estimate of drug-likeness (QED) is 0.674. The van der Waals surface area contributed by atoms with Crippen LogP contribution in [0.1, 0.15) is 20.3 Å². The number of hydrogen-bond donors (Lipinski definition) is 0. The topological polar surface area (TPSA) is 23.6 Å². The summed E-state index contributed by atoms with van der Waals surface area (Å²) in [6.45, 7) is 7.27. The Hall–Kier alpha value is -0.570. The molecule has 0 bridgehead atoms. The van der Waals surface area contributed by atoms with Crippen molar-refractivity contribution in [3.63, 3.8) is 0 Å². The highest BCUT2D eigenvalue weighted by atomic mass is 16.2. The first-order valence-electron chi connectivity index (χ1n) is 5.43. The van der Waals surface area contributed by atoms with E-state index >= 15 is 0 Å². The second-order valence-corrected chi connectivity index (χ2v) is 4.86. The van der Waals surface area contributed by atoms with Gasteiger partial charge in [0.1, 0.15) is 0 Å². The van der Waals surface area contributed by atoms with Crippen molar-refractivity contribution in [2.24, 2.45) is 11.8 Å². The monoisotopic (exact) mass is 198 g/mol. The minimum atomic E-state index is 0.315. The van der Waals surface area contributed by atoms with Gasteiger partial charge in [0.15, 0.2) is 0 Å². The zero-order valence-corrected chi connectivity index (χ0v) is 9.79. The van der Waals surface area contributed by atoms with Crippen LogP contribution >= 0.6 is 0 Å². The van der Waals surface area contributed by atoms with Crippen LogP contribution in [0.25, 0.3) is 0 Å². The van der Waals surface area contributed by atoms with E-state index in [1.54, 1.807) is 0 Å². The van der Waals surface area contributed by atoms with Crippen LogP contribution in [0.2, 0.25) is 0 Å². The molecule has 1 heterocycles. The molecular weight excluding hydrogens is 176 g/mol. The summed E-state index contributed by atoms with van der Waals surface area (Å²) in [5, 5.41) is 0. The van der Waals surface area contributed by atoms with E-state index in [4.69, 9.17) is 0 Å². The number of carbonyl (C=O) groups excluding carboxylic acids is 1. The fourth-order valence-electron chi connectivity index (χ4n) is 1.62. The molecule has 0 N–H and O–H groups in total. The molecule has 0 aromatic heterocycles. The second kappa shape index (κ2) is 4.78. The summed E-state index contributed by atoms with van der Waals surface area (Å²) < 4.78 is 0. The Morgan fingerprint density at radius 2 is 2.00 bits per heavy atom. The Morgan fingerprint density at radius 3 is 2.43 bits per heavy atom. The first-order valence-corrected chi connectivity index (χ1v) is 5.43. The van der Waals surface area contributed by atoms with E-state index in [-0.39, 0.29) is 0 Å². The van der Waals surface area contributed by atoms with Gasteiger partial charge in [0.25, 0.3) is 0 Å². The molecule has 0 atom stereocenters. The minimum Gasteiger partial charge on any atom is -0.342 e. The molecule has 0 aliphatic carbocycles. The third-order valence-electron chi connectivity index (χ3n) is 2.98. The number of hydrogen-bond acceptors (Lipinski definition) is 2. The average molecular weight is 198 g/mol. The summed E-state index contributed by atoms with van der Waals surface area (Å²) in [6.07, 6.45) is 0.664. The van der Waals surface area contributed by atoms with Crippen LogP contribution in [0.3, 0.4) is 0 Å². The third kappa shape index (κ3) is 2.98. The van der Waals surface area contributed by atoms with Crippen LogP contribution in [-0.4, -0.2) is 49.4 Å². The summed E-state index contributed by atoms with van der Waals surface area (Å²) in [4.78, 5) is 15.6. The Bertz CT molecular complexity index is 195. The summed E-state index contributed by atoms with van der Waals surface area (Å²) in [5.41, 5.74) is 0. The van der Waals surface area contributed by atoms with Crippen molar-refractivity contribution >= 4 is 5.91 Å². The van der Waals surface area contributed by atoms with Crippen molar-refractivity contribution in [1.29, 1.82) is 0 Å². The number of rotatable bonds is 4. The molecule has 14 heavy (non-hydrogen) atoms. The number of amides is 1. The highest BCUT2D eigenvalue weighted by Gasteiger charge is 2.31. The van der Waals surface area contributed by atoms with Crippen LogP contribution in [0, 0.1) is 11.8 Å². The van der Waals surface area contributed by atoms with E-state index < -0.39 is 0 Å². The fraction of sp³-hybridized carbons (Fsp3) is 0.909. The zero-order chi connectivity index (χ0) is 10.7. The lowest BCUT2D eigenvalue weighted by molar-refractivity contribution is -0.138. The van der Waals surface area contributed by atoms with E-state index in [0.717, 1.165) is 25.6 Å². The highest BCUT2D eigenvalue weighted by Crippen LogP contribution is 2.23. The van der Waals surface area contributed by atoms with Gasteiger partial charge >= 0.3 is 0 Å². The van der Waals surface area contributed by atoms with Gasteiger partial charge in [-0.05, 0) is 25.9 Å². The van der Waals surface area contributed by atoms with Gasteiger partial charge in [0.05, 0.1) is 0 Å². The Morgan fingerprint density at radius 1 is 1.43 bits per heavy atom. The predicted octanol–water partition coefficient (Wildman–Crippen LogP) is 1.05. The van der Waals surface area contributed by atoms with Gasteiger partial charge in [-0.1, -0.05) is 13.8 Å². The molecule has 3 heteroatoms. The molecule has 0 saturated carbocycles. The van der Waals surface area contributed by atoms with Gasteiger partial charge in [-0.25, -0.2) is 0 Å². The Balaban J connectivity index is 2.16. The summed E-state index contributed by atoms with van der Waals surface area (Å²) in [5.74, 6) is 1.77. The van der Waals surface area contributed by atoms with Gasteiger partial charge in [-0.3, -0.25) is 4.79 Å². The summed E-state index contributed by atoms with van der Waals surface area (Å²) in [6, 6.07) is 0. The zero-order valence-electron chi connectivity index (χ0n) is 9.79. The Kier molecular flexibility index (Phi) is 3.93. The standard InChI is InChI=1S/C11H22N2O/c1-9(2)10-7-13(8-10)11(14)5-6-12(3)4/h9-10H,5-8H2,1-4H3. The molecule has 1 aliphatic rings. The van der Waals surface area contributed by atoms with Crippen LogP contribution in [-0.2, 0) is 4.79 Å². The van der Waals surface area contributed by atoms with Gasteiger partial charge in [-0.15, -0.1) is 0 Å². The molecule has 1 amide bonds. The van der Waals surface area contributed by atoms with Crippen LogP contribution in [0.4, 0.5) is 0 Å². The van der Waals surface area contributed by atoms with Crippen molar-refractivity contribution in [2.45, 2.75) is 20.3 Å². The van der Waals surface area contributed by atoms with E-state index in [1.165, 1.54) is 0 Å². The minimum absolute atomic E-state index is 0.315. The van der Waals surface area contributed by atoms with Crippen molar-refractivity contribution in [2.75, 3.05) is 33.7 Å². The molecule has 1 rings (SSSR count). The molecule has 82 valence electrons. The van der Waals surface area contributed by atoms with Crippen LogP contribution < -0.4 is 0 Å². The summed E-state index contributed by atoms with van der Waals surface area (Å²) >= 11 is 0. The molecule has 1 fully saturated rings. The fourth-order valence-corrected chi connectivity index (χ4v) is 1.62. The van der Waals surface area contributed by atoms with Crippen molar-refractivity contribution in [3.05, 3.63) is 0 Å². The average Bonchev–Trinajstić information content (AvgIpc) is 1.97. The van der Waals surface area contributed by atoms with Crippen LogP contribution in [0.15, 0.2) is 0 Å². The van der Waals surface area contributed by atoms with Crippen molar-refractivity contribution in [3.8, 4) is 0 Å². The number of carbonyl (C=O) groups is 1. The van der Waals surface area contributed by atoms with Gasteiger partial charge in [0, 0.05) is 26.1 Å². The van der Waals surface area contributed by atoms with Crippen molar-refractivity contribution in [1.82, 2.24) is 9.80 Å². The molecule has 0 aromatic carbocycles. The predicted molar refractivity (Wildman–Crippen MR) is 58.1 cm³/mol. The van der Waals surface area contributed by atoms with E-state index in [2.05, 4.69) is 18.7 Å². The molecule has 1 saturated heterocycles. The highest BCUT2D eigenvalue weighted by molar-refractivity contribution is 5.77. The van der Waals surface area contributed by atoms with Gasteiger partial charge in [0.2, 0.25) is 5.91 Å². The number of nitrogens with zero attached hydrogens (tertiary/aromatic N) is 2. The molecule has 0 unspecified atom stereocenters. The molecular formula is C11H22N2O. The van der Waals surface area contributed by atoms with Gasteiger partial charge in [-0.2, -0.15) is 0 Å². The summed E-state index contributed by atoms with van der Waals surface area (Å²) in [7, 11) is 4.00. The van der Waals surface area contributed by atoms with Crippen molar-refractivity contribution < 1.29 is 4.79 Å². The SMILES string of the molecule is CC(C)C1CN(C(=O)CCN(C)C)C1. The largest absolute Gasteiger partial charge is 0.342 e. The van der Waals surface area contributed by atoms with E-state index in [9.17, 15) is 4.79 Å². The molecule has 3 nitrogen and oxygen atoms in total. The van der Waals surface area contributed by atoms with E-state index in [1.807, 2.05) is 19.0 Å². The lowest BCUT2D eigenvalue weighted by Gasteiger charge is -2.41. The Labute approximate surface area is 87.1 Å². The van der Waals surface area contributed by atoms with Crippen LogP contribution in [0.5, 0.6) is 0 Å². The maximum absolute atomic E-state index is 11.6. The first kappa shape index (κ1) is 11.5. The third-order valence-corrected chi connectivity index (χ3v) is 2.98. The second-order valence-electron chi connectivity index (χ2n) is 4.86. The first-order chi connectivity index (χ1) is 6.50. The maximum Gasteiger partial charge on any atom is 0.223 e. The molecule has 1 aliphatic heterocycles. The maximum atomic E-state index is 11.6. The molecule has 0 aromatic rings. The normalized spacial score (nSPS) is 17.7.